The highest BCUT2D eigenvalue weighted by atomic mass is 19.1. The average molecular weight is 438 g/mol. The van der Waals surface area contributed by atoms with E-state index in [1.165, 1.54) is 17.7 Å². The molecule has 170 valence electrons. The summed E-state index contributed by atoms with van der Waals surface area (Å²) in [4.78, 5) is 31.9. The SMILES string of the molecule is O=C(CCc1ccccc1)N1CCC(C(=O)N2CCCN(c3ccc(F)cc3)CC2)CC1. The van der Waals surface area contributed by atoms with Gasteiger partial charge in [-0.1, -0.05) is 30.3 Å². The number of amides is 2. The summed E-state index contributed by atoms with van der Waals surface area (Å²) < 4.78 is 13.2. The summed E-state index contributed by atoms with van der Waals surface area (Å²) in [6.45, 7) is 4.40. The molecule has 2 aromatic carbocycles. The minimum absolute atomic E-state index is 0.00513. The van der Waals surface area contributed by atoms with Crippen molar-refractivity contribution in [2.75, 3.05) is 44.2 Å². The van der Waals surface area contributed by atoms with Crippen molar-refractivity contribution in [3.8, 4) is 0 Å². The highest BCUT2D eigenvalue weighted by molar-refractivity contribution is 5.80. The Bertz CT molecular complexity index is 895. The van der Waals surface area contributed by atoms with E-state index in [4.69, 9.17) is 0 Å². The Kier molecular flexibility index (Phi) is 7.40. The van der Waals surface area contributed by atoms with Crippen LogP contribution in [0.15, 0.2) is 54.6 Å². The van der Waals surface area contributed by atoms with E-state index in [1.54, 1.807) is 12.1 Å². The molecule has 5 nitrogen and oxygen atoms in total. The maximum Gasteiger partial charge on any atom is 0.225 e. The maximum absolute atomic E-state index is 13.2. The molecule has 32 heavy (non-hydrogen) atoms. The van der Waals surface area contributed by atoms with Crippen molar-refractivity contribution in [3.63, 3.8) is 0 Å². The van der Waals surface area contributed by atoms with Crippen LogP contribution >= 0.6 is 0 Å². The first-order chi connectivity index (χ1) is 15.6. The van der Waals surface area contributed by atoms with Crippen LogP contribution in [0.3, 0.4) is 0 Å². The van der Waals surface area contributed by atoms with Gasteiger partial charge in [-0.15, -0.1) is 0 Å². The van der Waals surface area contributed by atoms with Gasteiger partial charge in [0.2, 0.25) is 11.8 Å². The largest absolute Gasteiger partial charge is 0.370 e. The topological polar surface area (TPSA) is 43.9 Å². The zero-order chi connectivity index (χ0) is 22.3. The molecule has 0 N–H and O–H groups in total. The minimum Gasteiger partial charge on any atom is -0.370 e. The van der Waals surface area contributed by atoms with Gasteiger partial charge in [-0.3, -0.25) is 9.59 Å². The van der Waals surface area contributed by atoms with Crippen LogP contribution in [0, 0.1) is 11.7 Å². The zero-order valence-corrected chi connectivity index (χ0v) is 18.6. The van der Waals surface area contributed by atoms with E-state index in [0.29, 0.717) is 26.1 Å². The Hall–Kier alpha value is -2.89. The standard InChI is InChI=1S/C26H32FN3O2/c27-23-8-10-24(11-9-23)28-15-4-16-30(20-19-28)26(32)22-13-17-29(18-14-22)25(31)12-7-21-5-2-1-3-6-21/h1-3,5-6,8-11,22H,4,7,12-20H2. The minimum atomic E-state index is -0.231. The molecule has 4 rings (SSSR count). The second-order valence-corrected chi connectivity index (χ2v) is 8.78. The van der Waals surface area contributed by atoms with Gasteiger partial charge in [0.25, 0.3) is 0 Å². The molecule has 0 radical (unpaired) electrons. The van der Waals surface area contributed by atoms with Gasteiger partial charge in [0.15, 0.2) is 0 Å². The molecule has 2 fully saturated rings. The van der Waals surface area contributed by atoms with Gasteiger partial charge in [0.1, 0.15) is 5.82 Å². The second-order valence-electron chi connectivity index (χ2n) is 8.78. The van der Waals surface area contributed by atoms with Crippen LogP contribution in [0.2, 0.25) is 0 Å². The Labute approximate surface area is 189 Å². The molecule has 0 atom stereocenters. The molecular formula is C26H32FN3O2. The number of carbonyl (C=O) groups excluding carboxylic acids is 2. The molecule has 0 saturated carbocycles. The molecule has 2 amide bonds. The van der Waals surface area contributed by atoms with Crippen LogP contribution in [0.4, 0.5) is 10.1 Å². The van der Waals surface area contributed by atoms with Gasteiger partial charge in [0, 0.05) is 57.3 Å². The number of hydrogen-bond acceptors (Lipinski definition) is 3. The molecule has 0 aliphatic carbocycles. The van der Waals surface area contributed by atoms with Crippen molar-refractivity contribution in [2.24, 2.45) is 5.92 Å². The number of hydrogen-bond donors (Lipinski definition) is 0. The third-order valence-corrected chi connectivity index (χ3v) is 6.67. The quantitative estimate of drug-likeness (QED) is 0.716. The highest BCUT2D eigenvalue weighted by Crippen LogP contribution is 2.23. The van der Waals surface area contributed by atoms with Crippen LogP contribution in [0.5, 0.6) is 0 Å². The van der Waals surface area contributed by atoms with E-state index in [2.05, 4.69) is 17.0 Å². The molecule has 2 saturated heterocycles. The van der Waals surface area contributed by atoms with E-state index >= 15 is 0 Å². The van der Waals surface area contributed by atoms with Crippen molar-refractivity contribution in [1.29, 1.82) is 0 Å². The van der Waals surface area contributed by atoms with Crippen LogP contribution in [0.1, 0.15) is 31.2 Å². The Morgan fingerprint density at radius 2 is 1.53 bits per heavy atom. The first-order valence-electron chi connectivity index (χ1n) is 11.7. The van der Waals surface area contributed by atoms with Crippen molar-refractivity contribution in [1.82, 2.24) is 9.80 Å². The fourth-order valence-electron chi connectivity index (χ4n) is 4.74. The third-order valence-electron chi connectivity index (χ3n) is 6.67. The predicted octanol–water partition coefficient (Wildman–Crippen LogP) is 3.74. The van der Waals surface area contributed by atoms with E-state index in [1.807, 2.05) is 28.0 Å². The number of benzene rings is 2. The summed E-state index contributed by atoms with van der Waals surface area (Å²) >= 11 is 0. The first-order valence-corrected chi connectivity index (χ1v) is 11.7. The number of anilines is 1. The van der Waals surface area contributed by atoms with Crippen molar-refractivity contribution >= 4 is 17.5 Å². The number of carbonyl (C=O) groups is 2. The van der Waals surface area contributed by atoms with Gasteiger partial charge < -0.3 is 14.7 Å². The second kappa shape index (κ2) is 10.6. The maximum atomic E-state index is 13.2. The predicted molar refractivity (Wildman–Crippen MR) is 124 cm³/mol. The van der Waals surface area contributed by atoms with E-state index in [0.717, 1.165) is 51.0 Å². The van der Waals surface area contributed by atoms with Crippen molar-refractivity contribution in [3.05, 3.63) is 66.0 Å². The highest BCUT2D eigenvalue weighted by Gasteiger charge is 2.31. The van der Waals surface area contributed by atoms with Crippen LogP contribution in [0.25, 0.3) is 0 Å². The van der Waals surface area contributed by atoms with E-state index in [-0.39, 0.29) is 23.5 Å². The number of rotatable bonds is 5. The molecule has 2 aliphatic rings. The normalized spacial score (nSPS) is 17.8. The molecular weight excluding hydrogens is 405 g/mol. The van der Waals surface area contributed by atoms with Gasteiger partial charge in [-0.2, -0.15) is 0 Å². The van der Waals surface area contributed by atoms with Gasteiger partial charge in [-0.25, -0.2) is 4.39 Å². The molecule has 2 heterocycles. The first kappa shape index (κ1) is 22.3. The molecule has 2 aromatic rings. The smallest absolute Gasteiger partial charge is 0.225 e. The van der Waals surface area contributed by atoms with Crippen LogP contribution in [-0.4, -0.2) is 60.9 Å². The van der Waals surface area contributed by atoms with Gasteiger partial charge in [-0.05, 0) is 55.5 Å². The van der Waals surface area contributed by atoms with Gasteiger partial charge in [0.05, 0.1) is 0 Å². The zero-order valence-electron chi connectivity index (χ0n) is 18.6. The summed E-state index contributed by atoms with van der Waals surface area (Å²) in [5, 5.41) is 0. The Morgan fingerprint density at radius 3 is 2.25 bits per heavy atom. The fourth-order valence-corrected chi connectivity index (χ4v) is 4.74. The molecule has 6 heteroatoms. The Morgan fingerprint density at radius 1 is 0.812 bits per heavy atom. The van der Waals surface area contributed by atoms with E-state index in [9.17, 15) is 14.0 Å². The fraction of sp³-hybridized carbons (Fsp3) is 0.462. The van der Waals surface area contributed by atoms with E-state index < -0.39 is 0 Å². The Balaban J connectivity index is 1.23. The number of piperidine rings is 1. The molecule has 0 bridgehead atoms. The number of likely N-dealkylation sites (tertiary alicyclic amines) is 1. The lowest BCUT2D eigenvalue weighted by Crippen LogP contribution is -2.45. The summed E-state index contributed by atoms with van der Waals surface area (Å²) in [5.74, 6) is 0.183. The summed E-state index contributed by atoms with van der Waals surface area (Å²) in [5.41, 5.74) is 2.18. The van der Waals surface area contributed by atoms with Crippen LogP contribution < -0.4 is 4.90 Å². The lowest BCUT2D eigenvalue weighted by Gasteiger charge is -2.34. The number of halogens is 1. The molecule has 0 spiro atoms. The van der Waals surface area contributed by atoms with Crippen molar-refractivity contribution < 1.29 is 14.0 Å². The van der Waals surface area contributed by atoms with Crippen LogP contribution in [-0.2, 0) is 16.0 Å². The third kappa shape index (κ3) is 5.67. The summed E-state index contributed by atoms with van der Waals surface area (Å²) in [7, 11) is 0. The van der Waals surface area contributed by atoms with Gasteiger partial charge >= 0.3 is 0 Å². The molecule has 0 unspecified atom stereocenters. The molecule has 2 aliphatic heterocycles. The lowest BCUT2D eigenvalue weighted by atomic mass is 9.94. The number of aryl methyl sites for hydroxylation is 1. The lowest BCUT2D eigenvalue weighted by molar-refractivity contribution is -0.140. The summed E-state index contributed by atoms with van der Waals surface area (Å²) in [6, 6.07) is 16.7. The molecule has 0 aromatic heterocycles. The summed E-state index contributed by atoms with van der Waals surface area (Å²) in [6.07, 6.45) is 3.67. The average Bonchev–Trinajstić information content (AvgIpc) is 3.10. The monoisotopic (exact) mass is 437 g/mol. The number of nitrogens with zero attached hydrogens (tertiary/aromatic N) is 3. The van der Waals surface area contributed by atoms with Crippen molar-refractivity contribution in [2.45, 2.75) is 32.1 Å².